The van der Waals surface area contributed by atoms with Crippen molar-refractivity contribution in [3.63, 3.8) is 0 Å². The second-order valence-electron chi connectivity index (χ2n) is 5.90. The van der Waals surface area contributed by atoms with Gasteiger partial charge in [-0.05, 0) is 49.1 Å². The molecule has 1 heterocycles. The lowest BCUT2D eigenvalue weighted by atomic mass is 10.1. The minimum absolute atomic E-state index is 0.170. The highest BCUT2D eigenvalue weighted by Crippen LogP contribution is 2.27. The highest BCUT2D eigenvalue weighted by atomic mass is 32.1. The van der Waals surface area contributed by atoms with E-state index >= 15 is 0 Å². The predicted octanol–water partition coefficient (Wildman–Crippen LogP) is 3.08. The monoisotopic (exact) mass is 418 g/mol. The third-order valence-corrected chi connectivity index (χ3v) is 4.74. The maximum atomic E-state index is 12.7. The lowest BCUT2D eigenvalue weighted by molar-refractivity contribution is -0.117. The van der Waals surface area contributed by atoms with Gasteiger partial charge in [-0.15, -0.1) is 11.3 Å². The summed E-state index contributed by atoms with van der Waals surface area (Å²) in [4.78, 5) is 26.2. The van der Waals surface area contributed by atoms with Gasteiger partial charge in [0, 0.05) is 30.2 Å². The van der Waals surface area contributed by atoms with Gasteiger partial charge in [-0.1, -0.05) is 6.07 Å². The molecule has 0 saturated carbocycles. The van der Waals surface area contributed by atoms with Crippen molar-refractivity contribution >= 4 is 29.2 Å². The van der Waals surface area contributed by atoms with Gasteiger partial charge in [0.1, 0.15) is 5.70 Å². The summed E-state index contributed by atoms with van der Waals surface area (Å²) in [7, 11) is 3.02. The molecule has 0 saturated heterocycles. The Balaban J connectivity index is 2.13. The van der Waals surface area contributed by atoms with Crippen LogP contribution in [-0.2, 0) is 9.53 Å². The molecule has 0 aliphatic carbocycles. The summed E-state index contributed by atoms with van der Waals surface area (Å²) in [5, 5.41) is 7.41. The molecule has 1 aromatic carbocycles. The third-order valence-electron chi connectivity index (χ3n) is 3.92. The van der Waals surface area contributed by atoms with E-state index in [9.17, 15) is 9.59 Å². The number of carbonyl (C=O) groups excluding carboxylic acids is 2. The third kappa shape index (κ3) is 6.92. The summed E-state index contributed by atoms with van der Waals surface area (Å²) in [6.07, 6.45) is 2.34. The Labute approximate surface area is 174 Å². The first-order valence-electron chi connectivity index (χ1n) is 9.23. The number of rotatable bonds is 11. The number of benzene rings is 1. The Morgan fingerprint density at radius 1 is 1.14 bits per heavy atom. The fraction of sp³-hybridized carbons (Fsp3) is 0.333. The summed E-state index contributed by atoms with van der Waals surface area (Å²) < 4.78 is 15.7. The average molecular weight is 419 g/mol. The Kier molecular flexibility index (Phi) is 9.20. The van der Waals surface area contributed by atoms with Crippen LogP contribution in [0.15, 0.2) is 41.4 Å². The van der Waals surface area contributed by atoms with Crippen molar-refractivity contribution in [1.82, 2.24) is 10.6 Å². The zero-order chi connectivity index (χ0) is 21.1. The lowest BCUT2D eigenvalue weighted by Crippen LogP contribution is -2.35. The smallest absolute Gasteiger partial charge is 0.267 e. The first kappa shape index (κ1) is 22.4. The van der Waals surface area contributed by atoms with Crippen molar-refractivity contribution < 1.29 is 23.8 Å². The summed E-state index contributed by atoms with van der Waals surface area (Å²) in [6.45, 7) is 3.58. The predicted molar refractivity (Wildman–Crippen MR) is 113 cm³/mol. The van der Waals surface area contributed by atoms with Crippen LogP contribution in [0.5, 0.6) is 11.5 Å². The van der Waals surface area contributed by atoms with Crippen molar-refractivity contribution in [1.29, 1.82) is 0 Å². The molecule has 0 aliphatic rings. The molecule has 8 heteroatoms. The number of methoxy groups -OCH3 is 2. The van der Waals surface area contributed by atoms with Crippen molar-refractivity contribution in [3.05, 3.63) is 51.8 Å². The first-order chi connectivity index (χ1) is 14.1. The van der Waals surface area contributed by atoms with Crippen molar-refractivity contribution in [2.75, 3.05) is 34.0 Å². The minimum atomic E-state index is -0.418. The summed E-state index contributed by atoms with van der Waals surface area (Å²) >= 11 is 1.47. The molecule has 2 aromatic rings. The molecule has 0 bridgehead atoms. The highest BCUT2D eigenvalue weighted by molar-refractivity contribution is 7.10. The molecule has 0 spiro atoms. The number of amides is 2. The van der Waals surface area contributed by atoms with Gasteiger partial charge in [0.2, 0.25) is 0 Å². The second-order valence-corrected chi connectivity index (χ2v) is 6.88. The Morgan fingerprint density at radius 2 is 1.93 bits per heavy atom. The van der Waals surface area contributed by atoms with Crippen molar-refractivity contribution in [2.45, 2.75) is 13.3 Å². The molecule has 2 N–H and O–H groups in total. The van der Waals surface area contributed by atoms with Crippen LogP contribution in [0, 0.1) is 0 Å². The topological polar surface area (TPSA) is 85.9 Å². The van der Waals surface area contributed by atoms with Gasteiger partial charge in [-0.25, -0.2) is 0 Å². The van der Waals surface area contributed by atoms with Crippen molar-refractivity contribution in [2.24, 2.45) is 0 Å². The van der Waals surface area contributed by atoms with E-state index in [4.69, 9.17) is 14.2 Å². The normalized spacial score (nSPS) is 11.1. The molecule has 0 unspecified atom stereocenters. The number of nitrogens with one attached hydrogen (secondary N) is 2. The van der Waals surface area contributed by atoms with Crippen LogP contribution in [0.4, 0.5) is 0 Å². The van der Waals surface area contributed by atoms with Gasteiger partial charge in [0.05, 0.1) is 14.2 Å². The van der Waals surface area contributed by atoms with E-state index in [1.165, 1.54) is 25.6 Å². The molecule has 0 aliphatic heterocycles. The summed E-state index contributed by atoms with van der Waals surface area (Å²) in [5.74, 6) is 0.178. The van der Waals surface area contributed by atoms with Gasteiger partial charge in [-0.2, -0.15) is 0 Å². The minimum Gasteiger partial charge on any atom is -0.493 e. The lowest BCUT2D eigenvalue weighted by Gasteiger charge is -2.12. The molecular weight excluding hydrogens is 392 g/mol. The summed E-state index contributed by atoms with van der Waals surface area (Å²) in [6, 6.07) is 8.57. The van der Waals surface area contributed by atoms with Gasteiger partial charge in [0.25, 0.3) is 11.8 Å². The SMILES string of the molecule is CCOCCCNC(=O)/C(=C/c1cccs1)NC(=O)c1ccc(OC)c(OC)c1. The zero-order valence-corrected chi connectivity index (χ0v) is 17.6. The maximum absolute atomic E-state index is 12.7. The molecule has 7 nitrogen and oxygen atoms in total. The number of carbonyl (C=O) groups is 2. The molecule has 29 heavy (non-hydrogen) atoms. The van der Waals surface area contributed by atoms with Crippen LogP contribution in [0.3, 0.4) is 0 Å². The van der Waals surface area contributed by atoms with Crippen LogP contribution in [0.25, 0.3) is 6.08 Å². The molecule has 0 radical (unpaired) electrons. The van der Waals surface area contributed by atoms with Crippen LogP contribution >= 0.6 is 11.3 Å². The fourth-order valence-corrected chi connectivity index (χ4v) is 3.12. The average Bonchev–Trinajstić information content (AvgIpc) is 3.25. The van der Waals surface area contributed by atoms with E-state index in [1.54, 1.807) is 24.3 Å². The van der Waals surface area contributed by atoms with E-state index in [1.807, 2.05) is 24.4 Å². The zero-order valence-electron chi connectivity index (χ0n) is 16.8. The standard InChI is InChI=1S/C21H26N2O5S/c1-4-28-11-6-10-22-21(25)17(14-16-7-5-12-29-16)23-20(24)15-8-9-18(26-2)19(13-15)27-3/h5,7-9,12-14H,4,6,10-11H2,1-3H3,(H,22,25)(H,23,24)/b17-14-. The van der Waals surface area contributed by atoms with Crippen LogP contribution in [0.2, 0.25) is 0 Å². The largest absolute Gasteiger partial charge is 0.493 e. The second kappa shape index (κ2) is 11.9. The molecule has 0 fully saturated rings. The Morgan fingerprint density at radius 3 is 2.59 bits per heavy atom. The van der Waals surface area contributed by atoms with Gasteiger partial charge in [0.15, 0.2) is 11.5 Å². The van der Waals surface area contributed by atoms with E-state index in [0.717, 1.165) is 4.88 Å². The Hall–Kier alpha value is -2.84. The van der Waals surface area contributed by atoms with E-state index < -0.39 is 5.91 Å². The number of hydrogen-bond acceptors (Lipinski definition) is 6. The van der Waals surface area contributed by atoms with E-state index in [-0.39, 0.29) is 11.6 Å². The molecule has 0 atom stereocenters. The molecule has 1 aromatic heterocycles. The van der Waals surface area contributed by atoms with E-state index in [0.29, 0.717) is 43.2 Å². The highest BCUT2D eigenvalue weighted by Gasteiger charge is 2.16. The van der Waals surface area contributed by atoms with Crippen LogP contribution < -0.4 is 20.1 Å². The number of hydrogen-bond donors (Lipinski definition) is 2. The molecule has 156 valence electrons. The van der Waals surface area contributed by atoms with Gasteiger partial charge < -0.3 is 24.8 Å². The van der Waals surface area contributed by atoms with Gasteiger partial charge >= 0.3 is 0 Å². The number of thiophene rings is 1. The quantitative estimate of drug-likeness (QED) is 0.433. The summed E-state index contributed by atoms with van der Waals surface area (Å²) in [5.41, 5.74) is 0.521. The fourth-order valence-electron chi connectivity index (χ4n) is 2.46. The van der Waals surface area contributed by atoms with Crippen LogP contribution in [-0.4, -0.2) is 45.8 Å². The van der Waals surface area contributed by atoms with Crippen LogP contribution in [0.1, 0.15) is 28.6 Å². The number of ether oxygens (including phenoxy) is 3. The molecule has 2 rings (SSSR count). The molecular formula is C21H26N2O5S. The van der Waals surface area contributed by atoms with E-state index in [2.05, 4.69) is 10.6 Å². The molecule has 2 amide bonds. The maximum Gasteiger partial charge on any atom is 0.267 e. The van der Waals surface area contributed by atoms with Crippen molar-refractivity contribution in [3.8, 4) is 11.5 Å². The van der Waals surface area contributed by atoms with Gasteiger partial charge in [-0.3, -0.25) is 9.59 Å². The Bertz CT molecular complexity index is 834. The first-order valence-corrected chi connectivity index (χ1v) is 10.1.